The Hall–Kier alpha value is -2.52. The van der Waals surface area contributed by atoms with E-state index in [1.165, 1.54) is 7.11 Å². The molecule has 1 heterocycles. The zero-order valence-electron chi connectivity index (χ0n) is 10.6. The summed E-state index contributed by atoms with van der Waals surface area (Å²) in [6.07, 6.45) is 0. The van der Waals surface area contributed by atoms with E-state index in [1.54, 1.807) is 29.6 Å². The highest BCUT2D eigenvalue weighted by Gasteiger charge is 2.13. The van der Waals surface area contributed by atoms with Crippen molar-refractivity contribution in [3.63, 3.8) is 0 Å². The molecule has 0 atom stereocenters. The molecule has 0 radical (unpaired) electrons. The predicted octanol–water partition coefficient (Wildman–Crippen LogP) is 2.91. The van der Waals surface area contributed by atoms with Crippen molar-refractivity contribution in [2.75, 3.05) is 7.11 Å². The number of ether oxygens (including phenoxy) is 2. The molecule has 0 bridgehead atoms. The van der Waals surface area contributed by atoms with Gasteiger partial charge in [-0.2, -0.15) is 5.26 Å². The van der Waals surface area contributed by atoms with Gasteiger partial charge in [0.25, 0.3) is 0 Å². The third-order valence-corrected chi connectivity index (χ3v) is 3.49. The molecule has 2 aromatic rings. The summed E-state index contributed by atoms with van der Waals surface area (Å²) in [5, 5.41) is 19.6. The molecule has 0 saturated carbocycles. The van der Waals surface area contributed by atoms with Crippen molar-refractivity contribution in [1.82, 2.24) is 0 Å². The molecule has 0 amide bonds. The summed E-state index contributed by atoms with van der Waals surface area (Å²) in [6.45, 7) is 0.190. The third-order valence-electron chi connectivity index (χ3n) is 2.60. The number of carbonyl (C=O) groups is 1. The zero-order chi connectivity index (χ0) is 14.5. The van der Waals surface area contributed by atoms with E-state index >= 15 is 0 Å². The monoisotopic (exact) mass is 289 g/mol. The number of benzene rings is 1. The molecular formula is C14H11NO4S. The number of nitriles is 1. The van der Waals surface area contributed by atoms with E-state index in [1.807, 2.05) is 6.07 Å². The molecule has 1 aromatic heterocycles. The van der Waals surface area contributed by atoms with Crippen LogP contribution in [-0.4, -0.2) is 18.2 Å². The van der Waals surface area contributed by atoms with Crippen molar-refractivity contribution in [2.24, 2.45) is 0 Å². The first kappa shape index (κ1) is 13.9. The van der Waals surface area contributed by atoms with Crippen molar-refractivity contribution in [3.05, 3.63) is 45.6 Å². The van der Waals surface area contributed by atoms with Crippen LogP contribution in [0.4, 0.5) is 0 Å². The fourth-order valence-electron chi connectivity index (χ4n) is 1.66. The van der Waals surface area contributed by atoms with Crippen LogP contribution in [0.15, 0.2) is 29.6 Å². The largest absolute Gasteiger partial charge is 0.495 e. The molecule has 0 fully saturated rings. The Kier molecular flexibility index (Phi) is 4.23. The molecule has 102 valence electrons. The second kappa shape index (κ2) is 6.08. The predicted molar refractivity (Wildman–Crippen MR) is 73.3 cm³/mol. The van der Waals surface area contributed by atoms with Crippen molar-refractivity contribution in [1.29, 1.82) is 5.26 Å². The second-order valence-electron chi connectivity index (χ2n) is 3.85. The molecule has 1 N–H and O–H groups in total. The van der Waals surface area contributed by atoms with Crippen LogP contribution >= 0.6 is 11.3 Å². The lowest BCUT2D eigenvalue weighted by atomic mass is 10.1. The zero-order valence-corrected chi connectivity index (χ0v) is 11.4. The van der Waals surface area contributed by atoms with E-state index in [0.717, 1.165) is 16.9 Å². The van der Waals surface area contributed by atoms with Gasteiger partial charge in [0, 0.05) is 0 Å². The van der Waals surface area contributed by atoms with E-state index in [2.05, 4.69) is 0 Å². The Morgan fingerprint density at radius 2 is 2.20 bits per heavy atom. The van der Waals surface area contributed by atoms with Crippen LogP contribution in [0.1, 0.15) is 20.8 Å². The summed E-state index contributed by atoms with van der Waals surface area (Å²) in [4.78, 5) is 11.1. The van der Waals surface area contributed by atoms with E-state index in [4.69, 9.17) is 19.8 Å². The number of methoxy groups -OCH3 is 1. The van der Waals surface area contributed by atoms with E-state index < -0.39 is 5.97 Å². The second-order valence-corrected chi connectivity index (χ2v) is 4.77. The molecule has 0 saturated heterocycles. The standard InChI is InChI=1S/C14H11NO4S/c1-18-11-3-2-9(6-10(11)7-15)8-19-12-4-5-20-13(12)14(16)17/h2-6H,8H2,1H3,(H,16,17). The van der Waals surface area contributed by atoms with Crippen LogP contribution in [0.25, 0.3) is 0 Å². The number of carboxylic acids is 1. The van der Waals surface area contributed by atoms with Gasteiger partial charge in [0.15, 0.2) is 4.88 Å². The Morgan fingerprint density at radius 1 is 1.40 bits per heavy atom. The molecule has 0 aliphatic rings. The third kappa shape index (κ3) is 2.90. The van der Waals surface area contributed by atoms with Crippen molar-refractivity contribution >= 4 is 17.3 Å². The number of carboxylic acid groups (broad SMARTS) is 1. The summed E-state index contributed by atoms with van der Waals surface area (Å²) in [7, 11) is 1.50. The molecule has 0 unspecified atom stereocenters. The van der Waals surface area contributed by atoms with Gasteiger partial charge in [-0.3, -0.25) is 0 Å². The SMILES string of the molecule is COc1ccc(COc2ccsc2C(=O)O)cc1C#N. The normalized spacial score (nSPS) is 9.80. The van der Waals surface area contributed by atoms with Gasteiger partial charge in [0.05, 0.1) is 12.7 Å². The highest BCUT2D eigenvalue weighted by atomic mass is 32.1. The van der Waals surface area contributed by atoms with Crippen LogP contribution in [0.3, 0.4) is 0 Å². The maximum atomic E-state index is 10.9. The minimum absolute atomic E-state index is 0.166. The maximum absolute atomic E-state index is 10.9. The number of hydrogen-bond donors (Lipinski definition) is 1. The van der Waals surface area contributed by atoms with Gasteiger partial charge in [-0.15, -0.1) is 11.3 Å². The molecule has 5 nitrogen and oxygen atoms in total. The first-order valence-electron chi connectivity index (χ1n) is 5.66. The number of rotatable bonds is 5. The van der Waals surface area contributed by atoms with Gasteiger partial charge in [0.1, 0.15) is 24.2 Å². The Morgan fingerprint density at radius 3 is 2.85 bits per heavy atom. The smallest absolute Gasteiger partial charge is 0.349 e. The van der Waals surface area contributed by atoms with E-state index in [9.17, 15) is 4.79 Å². The van der Waals surface area contributed by atoms with Crippen molar-refractivity contribution in [3.8, 4) is 17.6 Å². The van der Waals surface area contributed by atoms with Gasteiger partial charge in [-0.1, -0.05) is 6.07 Å². The number of nitrogens with zero attached hydrogens (tertiary/aromatic N) is 1. The molecular weight excluding hydrogens is 278 g/mol. The minimum Gasteiger partial charge on any atom is -0.495 e. The van der Waals surface area contributed by atoms with Crippen LogP contribution in [0.2, 0.25) is 0 Å². The Labute approximate surface area is 119 Å². The summed E-state index contributed by atoms with van der Waals surface area (Å²) in [6, 6.07) is 8.76. The Balaban J connectivity index is 2.13. The lowest BCUT2D eigenvalue weighted by molar-refractivity contribution is 0.0697. The van der Waals surface area contributed by atoms with Gasteiger partial charge < -0.3 is 14.6 Å². The quantitative estimate of drug-likeness (QED) is 0.915. The highest BCUT2D eigenvalue weighted by molar-refractivity contribution is 7.12. The molecule has 0 spiro atoms. The first-order valence-corrected chi connectivity index (χ1v) is 6.54. The lowest BCUT2D eigenvalue weighted by Crippen LogP contribution is -2.00. The van der Waals surface area contributed by atoms with Gasteiger partial charge in [0.2, 0.25) is 0 Å². The van der Waals surface area contributed by atoms with E-state index in [-0.39, 0.29) is 11.5 Å². The van der Waals surface area contributed by atoms with Crippen LogP contribution in [0.5, 0.6) is 11.5 Å². The Bertz CT molecular complexity index is 672. The van der Waals surface area contributed by atoms with Crippen molar-refractivity contribution < 1.29 is 19.4 Å². The molecule has 2 rings (SSSR count). The topological polar surface area (TPSA) is 79.6 Å². The van der Waals surface area contributed by atoms with Crippen LogP contribution in [0, 0.1) is 11.3 Å². The average Bonchev–Trinajstić information content (AvgIpc) is 2.93. The fourth-order valence-corrected chi connectivity index (χ4v) is 2.33. The molecule has 1 aromatic carbocycles. The molecule has 6 heteroatoms. The maximum Gasteiger partial charge on any atom is 0.349 e. The van der Waals surface area contributed by atoms with Crippen LogP contribution < -0.4 is 9.47 Å². The number of thiophene rings is 1. The first-order chi connectivity index (χ1) is 9.65. The lowest BCUT2D eigenvalue weighted by Gasteiger charge is -2.08. The summed E-state index contributed by atoms with van der Waals surface area (Å²) in [5.41, 5.74) is 1.18. The van der Waals surface area contributed by atoms with Gasteiger partial charge in [-0.05, 0) is 29.1 Å². The van der Waals surface area contributed by atoms with Gasteiger partial charge in [-0.25, -0.2) is 4.79 Å². The number of aromatic carboxylic acids is 1. The highest BCUT2D eigenvalue weighted by Crippen LogP contribution is 2.26. The minimum atomic E-state index is -1.01. The molecule has 20 heavy (non-hydrogen) atoms. The molecule has 0 aliphatic heterocycles. The van der Waals surface area contributed by atoms with E-state index in [0.29, 0.717) is 17.1 Å². The summed E-state index contributed by atoms with van der Waals surface area (Å²) in [5.74, 6) is -0.183. The fraction of sp³-hybridized carbons (Fsp3) is 0.143. The van der Waals surface area contributed by atoms with Gasteiger partial charge >= 0.3 is 5.97 Å². The average molecular weight is 289 g/mol. The van der Waals surface area contributed by atoms with Crippen LogP contribution in [-0.2, 0) is 6.61 Å². The van der Waals surface area contributed by atoms with Crippen molar-refractivity contribution in [2.45, 2.75) is 6.61 Å². The summed E-state index contributed by atoms with van der Waals surface area (Å²) >= 11 is 1.11. The number of hydrogen-bond acceptors (Lipinski definition) is 5. The molecule has 0 aliphatic carbocycles. The summed E-state index contributed by atoms with van der Waals surface area (Å²) < 4.78 is 10.5.